The quantitative estimate of drug-likeness (QED) is 0.766. The minimum Gasteiger partial charge on any atom is -0.454 e. The Kier molecular flexibility index (Phi) is 4.66. The molecule has 1 aliphatic rings. The van der Waals surface area contributed by atoms with Gasteiger partial charge in [0.25, 0.3) is 0 Å². The summed E-state index contributed by atoms with van der Waals surface area (Å²) in [4.78, 5) is 4.17. The lowest BCUT2D eigenvalue weighted by Crippen LogP contribution is -2.28. The molecule has 2 aromatic rings. The van der Waals surface area contributed by atoms with Gasteiger partial charge in [-0.05, 0) is 51.9 Å². The van der Waals surface area contributed by atoms with Gasteiger partial charge in [-0.2, -0.15) is 0 Å². The first-order valence-electron chi connectivity index (χ1n) is 6.36. The molecule has 5 nitrogen and oxygen atoms in total. The van der Waals surface area contributed by atoms with Gasteiger partial charge in [0.15, 0.2) is 22.4 Å². The number of thiocarbonyl (C=S) groups is 1. The molecule has 22 heavy (non-hydrogen) atoms. The zero-order valence-corrected chi connectivity index (χ0v) is 14.4. The first-order valence-corrected chi connectivity index (χ1v) is 7.94. The van der Waals surface area contributed by atoms with Gasteiger partial charge in [-0.15, -0.1) is 0 Å². The van der Waals surface area contributed by atoms with Crippen LogP contribution < -0.4 is 20.1 Å². The summed E-state index contributed by atoms with van der Waals surface area (Å²) in [5.74, 6) is 2.01. The highest BCUT2D eigenvalue weighted by atomic mass is 79.9. The average Bonchev–Trinajstić information content (AvgIpc) is 2.95. The number of aromatic nitrogens is 1. The molecule has 114 valence electrons. The van der Waals surface area contributed by atoms with Gasteiger partial charge in [-0.3, -0.25) is 0 Å². The summed E-state index contributed by atoms with van der Waals surface area (Å²) < 4.78 is 11.4. The smallest absolute Gasteiger partial charge is 0.231 e. The molecule has 0 aliphatic carbocycles. The van der Waals surface area contributed by atoms with Crippen molar-refractivity contribution in [3.05, 3.63) is 45.5 Å². The van der Waals surface area contributed by atoms with Crippen LogP contribution in [0.15, 0.2) is 34.9 Å². The van der Waals surface area contributed by atoms with Crippen molar-refractivity contribution in [1.82, 2.24) is 10.3 Å². The Morgan fingerprint density at radius 1 is 1.32 bits per heavy atom. The SMILES string of the molecule is S=C(NCc1ccc2c(c1)OCO2)Nc1ncc(Br)cc1Cl. The van der Waals surface area contributed by atoms with E-state index in [-0.39, 0.29) is 6.79 Å². The number of fused-ring (bicyclic) bond motifs is 1. The zero-order valence-electron chi connectivity index (χ0n) is 11.2. The Hall–Kier alpha value is -1.57. The maximum atomic E-state index is 6.08. The number of pyridine rings is 1. The highest BCUT2D eigenvalue weighted by molar-refractivity contribution is 9.10. The number of benzene rings is 1. The van der Waals surface area contributed by atoms with Gasteiger partial charge < -0.3 is 20.1 Å². The maximum Gasteiger partial charge on any atom is 0.231 e. The minimum absolute atomic E-state index is 0.264. The molecule has 0 fully saturated rings. The molecule has 2 heterocycles. The summed E-state index contributed by atoms with van der Waals surface area (Å²) >= 11 is 14.6. The number of rotatable bonds is 3. The molecule has 8 heteroatoms. The van der Waals surface area contributed by atoms with Crippen molar-refractivity contribution in [2.24, 2.45) is 0 Å². The molecule has 0 saturated carbocycles. The molecule has 3 rings (SSSR count). The highest BCUT2D eigenvalue weighted by Crippen LogP contribution is 2.32. The average molecular weight is 401 g/mol. The summed E-state index contributed by atoms with van der Waals surface area (Å²) in [6.45, 7) is 0.816. The number of anilines is 1. The van der Waals surface area contributed by atoms with E-state index in [0.717, 1.165) is 21.5 Å². The van der Waals surface area contributed by atoms with Crippen molar-refractivity contribution >= 4 is 50.7 Å². The van der Waals surface area contributed by atoms with E-state index >= 15 is 0 Å². The van der Waals surface area contributed by atoms with E-state index < -0.39 is 0 Å². The number of halogens is 2. The fourth-order valence-corrected chi connectivity index (χ4v) is 2.74. The summed E-state index contributed by atoms with van der Waals surface area (Å²) in [5.41, 5.74) is 1.03. The number of hydrogen-bond acceptors (Lipinski definition) is 4. The fraction of sp³-hybridized carbons (Fsp3) is 0.143. The van der Waals surface area contributed by atoms with Gasteiger partial charge in [-0.1, -0.05) is 17.7 Å². The summed E-state index contributed by atoms with van der Waals surface area (Å²) in [6.07, 6.45) is 1.65. The predicted molar refractivity (Wildman–Crippen MR) is 92.6 cm³/mol. The van der Waals surface area contributed by atoms with Crippen LogP contribution in [0.5, 0.6) is 11.5 Å². The van der Waals surface area contributed by atoms with Crippen LogP contribution in [-0.4, -0.2) is 16.9 Å². The summed E-state index contributed by atoms with van der Waals surface area (Å²) in [6, 6.07) is 7.50. The monoisotopic (exact) mass is 399 g/mol. The van der Waals surface area contributed by atoms with E-state index in [4.69, 9.17) is 33.3 Å². The van der Waals surface area contributed by atoms with Gasteiger partial charge in [0.05, 0.1) is 5.02 Å². The van der Waals surface area contributed by atoms with Gasteiger partial charge in [0.1, 0.15) is 0 Å². The van der Waals surface area contributed by atoms with Crippen LogP contribution in [0.4, 0.5) is 5.82 Å². The molecule has 1 aliphatic heterocycles. The third-order valence-electron chi connectivity index (χ3n) is 2.93. The Morgan fingerprint density at radius 3 is 2.95 bits per heavy atom. The molecular weight excluding hydrogens is 390 g/mol. The van der Waals surface area contributed by atoms with Gasteiger partial charge in [0, 0.05) is 17.2 Å². The van der Waals surface area contributed by atoms with Crippen molar-refractivity contribution in [2.45, 2.75) is 6.54 Å². The molecule has 0 saturated heterocycles. The predicted octanol–water partition coefficient (Wildman–Crippen LogP) is 3.71. The third-order valence-corrected chi connectivity index (χ3v) is 3.90. The van der Waals surface area contributed by atoms with E-state index in [9.17, 15) is 0 Å². The third kappa shape index (κ3) is 3.60. The van der Waals surface area contributed by atoms with E-state index in [1.807, 2.05) is 18.2 Å². The number of hydrogen-bond donors (Lipinski definition) is 2. The highest BCUT2D eigenvalue weighted by Gasteiger charge is 2.13. The summed E-state index contributed by atoms with van der Waals surface area (Å²) in [7, 11) is 0. The second-order valence-electron chi connectivity index (χ2n) is 4.48. The second kappa shape index (κ2) is 6.68. The van der Waals surface area contributed by atoms with Crippen molar-refractivity contribution in [2.75, 3.05) is 12.1 Å². The van der Waals surface area contributed by atoms with Crippen molar-refractivity contribution in [3.8, 4) is 11.5 Å². The van der Waals surface area contributed by atoms with Crippen LogP contribution in [0.1, 0.15) is 5.56 Å². The maximum absolute atomic E-state index is 6.08. The van der Waals surface area contributed by atoms with E-state index in [2.05, 4.69) is 31.5 Å². The van der Waals surface area contributed by atoms with Crippen LogP contribution >= 0.6 is 39.7 Å². The first-order chi connectivity index (χ1) is 10.6. The molecule has 0 radical (unpaired) electrons. The Morgan fingerprint density at radius 2 is 2.14 bits per heavy atom. The van der Waals surface area contributed by atoms with E-state index in [0.29, 0.717) is 22.5 Å². The zero-order chi connectivity index (χ0) is 15.5. The molecule has 0 atom stereocenters. The molecule has 1 aromatic carbocycles. The molecule has 0 amide bonds. The van der Waals surface area contributed by atoms with E-state index in [1.165, 1.54) is 0 Å². The molecule has 2 N–H and O–H groups in total. The van der Waals surface area contributed by atoms with E-state index in [1.54, 1.807) is 12.3 Å². The lowest BCUT2D eigenvalue weighted by atomic mass is 10.2. The lowest BCUT2D eigenvalue weighted by Gasteiger charge is -2.11. The largest absolute Gasteiger partial charge is 0.454 e. The normalized spacial score (nSPS) is 12.1. The second-order valence-corrected chi connectivity index (χ2v) is 6.21. The van der Waals surface area contributed by atoms with Gasteiger partial charge in [-0.25, -0.2) is 4.98 Å². The first kappa shape index (κ1) is 15.3. The Balaban J connectivity index is 1.58. The minimum atomic E-state index is 0.264. The number of nitrogens with one attached hydrogen (secondary N) is 2. The van der Waals surface area contributed by atoms with Crippen molar-refractivity contribution in [3.63, 3.8) is 0 Å². The molecule has 0 bridgehead atoms. The fourth-order valence-electron chi connectivity index (χ4n) is 1.89. The van der Waals surface area contributed by atoms with Crippen LogP contribution in [0.3, 0.4) is 0 Å². The van der Waals surface area contributed by atoms with Gasteiger partial charge in [0.2, 0.25) is 6.79 Å². The lowest BCUT2D eigenvalue weighted by molar-refractivity contribution is 0.174. The molecule has 1 aromatic heterocycles. The standard InChI is InChI=1S/C14H11BrClN3O2S/c15-9-4-10(16)13(17-6-9)19-14(22)18-5-8-1-2-11-12(3-8)21-7-20-11/h1-4,6H,5,7H2,(H2,17,18,19,22). The van der Waals surface area contributed by atoms with Crippen molar-refractivity contribution in [1.29, 1.82) is 0 Å². The topological polar surface area (TPSA) is 55.4 Å². The Bertz CT molecular complexity index is 729. The van der Waals surface area contributed by atoms with Crippen molar-refractivity contribution < 1.29 is 9.47 Å². The Labute approximate surface area is 146 Å². The molecule has 0 unspecified atom stereocenters. The number of nitrogens with zero attached hydrogens (tertiary/aromatic N) is 1. The van der Waals surface area contributed by atoms with Crippen LogP contribution in [0, 0.1) is 0 Å². The van der Waals surface area contributed by atoms with Crippen LogP contribution in [0.25, 0.3) is 0 Å². The van der Waals surface area contributed by atoms with Gasteiger partial charge >= 0.3 is 0 Å². The molecular formula is C14H11BrClN3O2S. The van der Waals surface area contributed by atoms with Crippen LogP contribution in [0.2, 0.25) is 5.02 Å². The summed E-state index contributed by atoms with van der Waals surface area (Å²) in [5, 5.41) is 6.98. The number of ether oxygens (including phenoxy) is 2. The molecule has 0 spiro atoms. The van der Waals surface area contributed by atoms with Crippen LogP contribution in [-0.2, 0) is 6.54 Å².